The molecule has 0 spiro atoms. The van der Waals surface area contributed by atoms with Gasteiger partial charge in [0.2, 0.25) is 0 Å². The monoisotopic (exact) mass is 241 g/mol. The van der Waals surface area contributed by atoms with E-state index in [2.05, 4.69) is 16.4 Å². The molecule has 0 aliphatic carbocycles. The fourth-order valence-electron chi connectivity index (χ4n) is 1.67. The second-order valence-electron chi connectivity index (χ2n) is 3.78. The van der Waals surface area contributed by atoms with E-state index >= 15 is 0 Å². The van der Waals surface area contributed by atoms with E-state index in [9.17, 15) is 0 Å². The van der Waals surface area contributed by atoms with Crippen LogP contribution in [-0.2, 0) is 0 Å². The third kappa shape index (κ3) is 2.07. The van der Waals surface area contributed by atoms with Crippen LogP contribution in [0.3, 0.4) is 0 Å². The molecule has 1 heterocycles. The molecule has 0 saturated carbocycles. The van der Waals surface area contributed by atoms with Crippen molar-refractivity contribution in [1.82, 2.24) is 4.98 Å². The van der Waals surface area contributed by atoms with Crippen molar-refractivity contribution in [2.75, 3.05) is 11.1 Å². The SMILES string of the molecule is Nc1ccc(Nc2ccc3ncsc3c2)cc1. The fraction of sp³-hybridized carbons (Fsp3) is 0. The Morgan fingerprint density at radius 2 is 1.76 bits per heavy atom. The van der Waals surface area contributed by atoms with Crippen molar-refractivity contribution in [3.05, 3.63) is 48.0 Å². The molecule has 0 aliphatic heterocycles. The number of nitrogen functional groups attached to an aromatic ring is 1. The van der Waals surface area contributed by atoms with Crippen molar-refractivity contribution in [3.8, 4) is 0 Å². The number of rotatable bonds is 2. The van der Waals surface area contributed by atoms with E-state index in [1.54, 1.807) is 11.3 Å². The molecular weight excluding hydrogens is 230 g/mol. The van der Waals surface area contributed by atoms with Gasteiger partial charge in [0.1, 0.15) is 0 Å². The summed E-state index contributed by atoms with van der Waals surface area (Å²) in [7, 11) is 0. The van der Waals surface area contributed by atoms with Gasteiger partial charge in [-0.1, -0.05) is 0 Å². The van der Waals surface area contributed by atoms with E-state index in [0.29, 0.717) is 0 Å². The van der Waals surface area contributed by atoms with Gasteiger partial charge in [0.25, 0.3) is 0 Å². The molecule has 17 heavy (non-hydrogen) atoms. The van der Waals surface area contributed by atoms with Crippen LogP contribution in [-0.4, -0.2) is 4.98 Å². The normalized spacial score (nSPS) is 10.6. The summed E-state index contributed by atoms with van der Waals surface area (Å²) < 4.78 is 1.19. The first-order valence-electron chi connectivity index (χ1n) is 5.27. The van der Waals surface area contributed by atoms with Gasteiger partial charge in [0.05, 0.1) is 15.7 Å². The predicted molar refractivity (Wildman–Crippen MR) is 73.8 cm³/mol. The van der Waals surface area contributed by atoms with Crippen LogP contribution >= 0.6 is 11.3 Å². The Balaban J connectivity index is 1.91. The van der Waals surface area contributed by atoms with Crippen molar-refractivity contribution < 1.29 is 0 Å². The molecule has 4 heteroatoms. The Labute approximate surface area is 103 Å². The molecule has 3 aromatic rings. The molecule has 0 radical (unpaired) electrons. The highest BCUT2D eigenvalue weighted by Crippen LogP contribution is 2.24. The molecule has 0 amide bonds. The number of aromatic nitrogens is 1. The van der Waals surface area contributed by atoms with E-state index in [1.807, 2.05) is 41.9 Å². The van der Waals surface area contributed by atoms with Gasteiger partial charge in [0.15, 0.2) is 0 Å². The Kier molecular flexibility index (Phi) is 2.42. The summed E-state index contributed by atoms with van der Waals surface area (Å²) in [5.41, 5.74) is 11.4. The minimum atomic E-state index is 0.772. The smallest absolute Gasteiger partial charge is 0.0813 e. The lowest BCUT2D eigenvalue weighted by Crippen LogP contribution is -1.90. The summed E-state index contributed by atoms with van der Waals surface area (Å²) >= 11 is 1.64. The highest BCUT2D eigenvalue weighted by atomic mass is 32.1. The van der Waals surface area contributed by atoms with Crippen LogP contribution in [0.1, 0.15) is 0 Å². The van der Waals surface area contributed by atoms with Crippen LogP contribution in [0.15, 0.2) is 48.0 Å². The highest BCUT2D eigenvalue weighted by Gasteiger charge is 1.99. The van der Waals surface area contributed by atoms with Crippen LogP contribution in [0.5, 0.6) is 0 Å². The average Bonchev–Trinajstić information content (AvgIpc) is 2.79. The van der Waals surface area contributed by atoms with Crippen LogP contribution < -0.4 is 11.1 Å². The minimum absolute atomic E-state index is 0.772. The molecule has 0 aliphatic rings. The number of benzene rings is 2. The molecule has 0 saturated heterocycles. The van der Waals surface area contributed by atoms with Gasteiger partial charge < -0.3 is 11.1 Å². The molecule has 2 aromatic carbocycles. The lowest BCUT2D eigenvalue weighted by atomic mass is 10.2. The first-order chi connectivity index (χ1) is 8.31. The summed E-state index contributed by atoms with van der Waals surface area (Å²) in [6.07, 6.45) is 0. The number of nitrogens with two attached hydrogens (primary N) is 1. The van der Waals surface area contributed by atoms with E-state index in [4.69, 9.17) is 5.73 Å². The highest BCUT2D eigenvalue weighted by molar-refractivity contribution is 7.16. The van der Waals surface area contributed by atoms with E-state index in [0.717, 1.165) is 22.6 Å². The van der Waals surface area contributed by atoms with Crippen LogP contribution in [0.2, 0.25) is 0 Å². The molecule has 0 fully saturated rings. The maximum absolute atomic E-state index is 5.65. The maximum Gasteiger partial charge on any atom is 0.0813 e. The summed E-state index contributed by atoms with van der Waals surface area (Å²) in [6, 6.07) is 13.8. The van der Waals surface area contributed by atoms with Crippen molar-refractivity contribution in [2.24, 2.45) is 0 Å². The van der Waals surface area contributed by atoms with Gasteiger partial charge in [-0.05, 0) is 42.5 Å². The maximum atomic E-state index is 5.65. The molecule has 0 unspecified atom stereocenters. The number of nitrogens with one attached hydrogen (secondary N) is 1. The lowest BCUT2D eigenvalue weighted by molar-refractivity contribution is 1.49. The van der Waals surface area contributed by atoms with Crippen molar-refractivity contribution >= 4 is 38.6 Å². The Morgan fingerprint density at radius 3 is 2.59 bits per heavy atom. The molecule has 3 nitrogen and oxygen atoms in total. The van der Waals surface area contributed by atoms with Gasteiger partial charge >= 0.3 is 0 Å². The Hall–Kier alpha value is -2.07. The van der Waals surface area contributed by atoms with Crippen LogP contribution in [0.25, 0.3) is 10.2 Å². The zero-order chi connectivity index (χ0) is 11.7. The van der Waals surface area contributed by atoms with E-state index in [1.165, 1.54) is 4.70 Å². The number of fused-ring (bicyclic) bond motifs is 1. The molecule has 3 rings (SSSR count). The Bertz CT molecular complexity index is 643. The second-order valence-corrected chi connectivity index (χ2v) is 4.67. The number of nitrogens with zero attached hydrogens (tertiary/aromatic N) is 1. The summed E-state index contributed by atoms with van der Waals surface area (Å²) in [5, 5.41) is 3.34. The first kappa shape index (κ1) is 10.1. The zero-order valence-corrected chi connectivity index (χ0v) is 9.87. The Morgan fingerprint density at radius 1 is 1.00 bits per heavy atom. The number of hydrogen-bond donors (Lipinski definition) is 2. The summed E-state index contributed by atoms with van der Waals surface area (Å²) in [5.74, 6) is 0. The fourth-order valence-corrected chi connectivity index (χ4v) is 2.38. The molecule has 0 bridgehead atoms. The minimum Gasteiger partial charge on any atom is -0.399 e. The number of anilines is 3. The topological polar surface area (TPSA) is 50.9 Å². The van der Waals surface area contributed by atoms with E-state index < -0.39 is 0 Å². The molecule has 3 N–H and O–H groups in total. The third-order valence-electron chi connectivity index (χ3n) is 2.53. The van der Waals surface area contributed by atoms with Gasteiger partial charge in [-0.25, -0.2) is 4.98 Å². The predicted octanol–water partition coefficient (Wildman–Crippen LogP) is 3.62. The number of hydrogen-bond acceptors (Lipinski definition) is 4. The second kappa shape index (κ2) is 4.07. The molecule has 0 atom stereocenters. The van der Waals surface area contributed by atoms with Gasteiger partial charge in [-0.15, -0.1) is 11.3 Å². The van der Waals surface area contributed by atoms with Gasteiger partial charge in [0, 0.05) is 17.1 Å². The number of thiazole rings is 1. The van der Waals surface area contributed by atoms with Gasteiger partial charge in [-0.3, -0.25) is 0 Å². The van der Waals surface area contributed by atoms with Crippen molar-refractivity contribution in [3.63, 3.8) is 0 Å². The lowest BCUT2D eigenvalue weighted by Gasteiger charge is -2.06. The summed E-state index contributed by atoms with van der Waals surface area (Å²) in [6.45, 7) is 0. The molecule has 1 aromatic heterocycles. The third-order valence-corrected chi connectivity index (χ3v) is 3.32. The van der Waals surface area contributed by atoms with Crippen LogP contribution in [0.4, 0.5) is 17.1 Å². The summed E-state index contributed by atoms with van der Waals surface area (Å²) in [4.78, 5) is 4.25. The van der Waals surface area contributed by atoms with Crippen molar-refractivity contribution in [2.45, 2.75) is 0 Å². The quantitative estimate of drug-likeness (QED) is 0.674. The first-order valence-corrected chi connectivity index (χ1v) is 6.15. The average molecular weight is 241 g/mol. The van der Waals surface area contributed by atoms with Gasteiger partial charge in [-0.2, -0.15) is 0 Å². The van der Waals surface area contributed by atoms with E-state index in [-0.39, 0.29) is 0 Å². The van der Waals surface area contributed by atoms with Crippen LogP contribution in [0, 0.1) is 0 Å². The largest absolute Gasteiger partial charge is 0.399 e. The van der Waals surface area contributed by atoms with Crippen molar-refractivity contribution in [1.29, 1.82) is 0 Å². The standard InChI is InChI=1S/C13H11N3S/c14-9-1-3-10(4-2-9)16-11-5-6-12-13(7-11)17-8-15-12/h1-8,16H,14H2. The molecular formula is C13H11N3S. The zero-order valence-electron chi connectivity index (χ0n) is 9.05. The molecule has 84 valence electrons.